The topological polar surface area (TPSA) is 86.5 Å². The summed E-state index contributed by atoms with van der Waals surface area (Å²) in [6.07, 6.45) is 0.645. The second-order valence-corrected chi connectivity index (χ2v) is 6.40. The molecule has 3 aromatic rings. The number of nitrogens with one attached hydrogen (secondary N) is 2. The molecule has 2 N–H and O–H groups in total. The zero-order valence-corrected chi connectivity index (χ0v) is 16.4. The number of carbonyl (C=O) groups is 1. The van der Waals surface area contributed by atoms with Crippen molar-refractivity contribution in [1.29, 1.82) is 0 Å². The maximum atomic E-state index is 12.2. The summed E-state index contributed by atoms with van der Waals surface area (Å²) < 4.78 is 13.8. The Hall–Kier alpha value is -3.42. The van der Waals surface area contributed by atoms with Crippen LogP contribution in [0.3, 0.4) is 0 Å². The molecule has 0 aliphatic carbocycles. The summed E-state index contributed by atoms with van der Waals surface area (Å²) in [7, 11) is 6.70. The first-order chi connectivity index (χ1) is 13.4. The third-order valence-corrected chi connectivity index (χ3v) is 4.72. The molecule has 0 radical (unpaired) electrons. The SMILES string of the molecule is COc1ccc(CCNC(=O)Nc2ccc3c(c2)c(=O)n(C)n3C)cc1OC. The zero-order chi connectivity index (χ0) is 20.3. The molecule has 0 atom stereocenters. The van der Waals surface area contributed by atoms with Gasteiger partial charge in [0.15, 0.2) is 11.5 Å². The van der Waals surface area contributed by atoms with Crippen molar-refractivity contribution in [2.45, 2.75) is 6.42 Å². The van der Waals surface area contributed by atoms with Crippen LogP contribution >= 0.6 is 0 Å². The molecule has 0 spiro atoms. The second-order valence-electron chi connectivity index (χ2n) is 6.40. The summed E-state index contributed by atoms with van der Waals surface area (Å²) in [5.41, 5.74) is 2.30. The van der Waals surface area contributed by atoms with Gasteiger partial charge in [-0.2, -0.15) is 0 Å². The number of anilines is 1. The minimum Gasteiger partial charge on any atom is -0.493 e. The van der Waals surface area contributed by atoms with Crippen LogP contribution in [0.15, 0.2) is 41.2 Å². The van der Waals surface area contributed by atoms with Crippen LogP contribution in [-0.2, 0) is 20.5 Å². The Labute approximate surface area is 162 Å². The number of benzene rings is 2. The largest absolute Gasteiger partial charge is 0.493 e. The molecule has 0 aliphatic heterocycles. The minimum atomic E-state index is -0.326. The van der Waals surface area contributed by atoms with E-state index in [0.717, 1.165) is 11.1 Å². The lowest BCUT2D eigenvalue weighted by Crippen LogP contribution is -2.30. The molecule has 8 heteroatoms. The second kappa shape index (κ2) is 8.08. The summed E-state index contributed by atoms with van der Waals surface area (Å²) in [5, 5.41) is 6.14. The van der Waals surface area contributed by atoms with Crippen LogP contribution in [0.4, 0.5) is 10.5 Å². The van der Waals surface area contributed by atoms with Crippen molar-refractivity contribution in [2.24, 2.45) is 14.1 Å². The van der Waals surface area contributed by atoms with Gasteiger partial charge in [-0.05, 0) is 42.3 Å². The van der Waals surface area contributed by atoms with Crippen molar-refractivity contribution in [1.82, 2.24) is 14.7 Å². The number of amides is 2. The lowest BCUT2D eigenvalue weighted by molar-refractivity contribution is 0.252. The van der Waals surface area contributed by atoms with Crippen molar-refractivity contribution in [2.75, 3.05) is 26.1 Å². The van der Waals surface area contributed by atoms with Crippen molar-refractivity contribution in [3.8, 4) is 11.5 Å². The van der Waals surface area contributed by atoms with Crippen molar-refractivity contribution < 1.29 is 14.3 Å². The fraction of sp³-hybridized carbons (Fsp3) is 0.300. The number of aryl methyl sites for hydroxylation is 1. The summed E-state index contributed by atoms with van der Waals surface area (Å²) >= 11 is 0. The van der Waals surface area contributed by atoms with E-state index < -0.39 is 0 Å². The fourth-order valence-corrected chi connectivity index (χ4v) is 3.07. The van der Waals surface area contributed by atoms with Crippen LogP contribution in [0, 0.1) is 0 Å². The molecule has 0 saturated carbocycles. The van der Waals surface area contributed by atoms with Gasteiger partial charge in [-0.1, -0.05) is 6.07 Å². The maximum Gasteiger partial charge on any atom is 0.319 e. The summed E-state index contributed by atoms with van der Waals surface area (Å²) in [6.45, 7) is 0.455. The Morgan fingerprint density at radius 3 is 2.46 bits per heavy atom. The molecule has 0 fully saturated rings. The standard InChI is InChI=1S/C20H24N4O4/c1-23-16-7-6-14(12-15(16)19(25)24(23)2)22-20(26)21-10-9-13-5-8-17(27-3)18(11-13)28-4/h5-8,11-12H,9-10H2,1-4H3,(H2,21,22,26). The fourth-order valence-electron chi connectivity index (χ4n) is 3.07. The van der Waals surface area contributed by atoms with Gasteiger partial charge in [0.1, 0.15) is 0 Å². The van der Waals surface area contributed by atoms with E-state index in [1.165, 1.54) is 4.68 Å². The lowest BCUT2D eigenvalue weighted by Gasteiger charge is -2.10. The first-order valence-corrected chi connectivity index (χ1v) is 8.86. The van der Waals surface area contributed by atoms with Crippen LogP contribution in [-0.4, -0.2) is 36.2 Å². The monoisotopic (exact) mass is 384 g/mol. The minimum absolute atomic E-state index is 0.102. The highest BCUT2D eigenvalue weighted by Gasteiger charge is 2.10. The van der Waals surface area contributed by atoms with Crippen molar-refractivity contribution in [3.63, 3.8) is 0 Å². The molecule has 2 amide bonds. The Balaban J connectivity index is 1.60. The molecule has 8 nitrogen and oxygen atoms in total. The Bertz CT molecular complexity index is 1070. The van der Waals surface area contributed by atoms with Gasteiger partial charge < -0.3 is 20.1 Å². The van der Waals surface area contributed by atoms with Crippen LogP contribution in [0.2, 0.25) is 0 Å². The van der Waals surface area contributed by atoms with E-state index in [-0.39, 0.29) is 11.6 Å². The molecular formula is C20H24N4O4. The van der Waals surface area contributed by atoms with E-state index in [2.05, 4.69) is 10.6 Å². The lowest BCUT2D eigenvalue weighted by atomic mass is 10.1. The van der Waals surface area contributed by atoms with Gasteiger partial charge in [0, 0.05) is 26.3 Å². The number of methoxy groups -OCH3 is 2. The van der Waals surface area contributed by atoms with Gasteiger partial charge in [-0.25, -0.2) is 4.79 Å². The number of rotatable bonds is 6. The molecule has 3 rings (SSSR count). The molecule has 2 aromatic carbocycles. The van der Waals surface area contributed by atoms with Crippen LogP contribution in [0.5, 0.6) is 11.5 Å². The van der Waals surface area contributed by atoms with E-state index in [1.54, 1.807) is 38.1 Å². The van der Waals surface area contributed by atoms with E-state index in [1.807, 2.05) is 31.3 Å². The predicted molar refractivity (Wildman–Crippen MR) is 108 cm³/mol. The normalized spacial score (nSPS) is 10.7. The highest BCUT2D eigenvalue weighted by Crippen LogP contribution is 2.27. The van der Waals surface area contributed by atoms with Crippen LogP contribution in [0.1, 0.15) is 5.56 Å². The number of hydrogen-bond acceptors (Lipinski definition) is 4. The number of urea groups is 1. The molecule has 0 unspecified atom stereocenters. The predicted octanol–water partition coefficient (Wildman–Crippen LogP) is 2.26. The average Bonchev–Trinajstić information content (AvgIpc) is 2.91. The number of aromatic nitrogens is 2. The van der Waals surface area contributed by atoms with Crippen LogP contribution < -0.4 is 25.7 Å². The van der Waals surface area contributed by atoms with Crippen molar-refractivity contribution >= 4 is 22.6 Å². The first kappa shape index (κ1) is 19.3. The number of fused-ring (bicyclic) bond motifs is 1. The molecule has 148 valence electrons. The molecule has 28 heavy (non-hydrogen) atoms. The van der Waals surface area contributed by atoms with Crippen molar-refractivity contribution in [3.05, 3.63) is 52.3 Å². The number of ether oxygens (including phenoxy) is 2. The number of hydrogen-bond donors (Lipinski definition) is 2. The summed E-state index contributed by atoms with van der Waals surface area (Å²) in [6, 6.07) is 10.6. The third-order valence-electron chi connectivity index (χ3n) is 4.72. The first-order valence-electron chi connectivity index (χ1n) is 8.86. The van der Waals surface area contributed by atoms with E-state index >= 15 is 0 Å². The molecule has 0 saturated heterocycles. The highest BCUT2D eigenvalue weighted by molar-refractivity contribution is 5.92. The van der Waals surface area contributed by atoms with Gasteiger partial charge in [0.05, 0.1) is 25.1 Å². The van der Waals surface area contributed by atoms with E-state index in [4.69, 9.17) is 9.47 Å². The van der Waals surface area contributed by atoms with Gasteiger partial charge in [0.2, 0.25) is 0 Å². The Morgan fingerprint density at radius 2 is 1.75 bits per heavy atom. The molecular weight excluding hydrogens is 360 g/mol. The molecule has 1 aromatic heterocycles. The van der Waals surface area contributed by atoms with Crippen LogP contribution in [0.25, 0.3) is 10.9 Å². The number of carbonyl (C=O) groups excluding carboxylic acids is 1. The molecule has 1 heterocycles. The quantitative estimate of drug-likeness (QED) is 0.683. The third kappa shape index (κ3) is 3.80. The van der Waals surface area contributed by atoms with Gasteiger partial charge >= 0.3 is 6.03 Å². The molecule has 0 bridgehead atoms. The van der Waals surface area contributed by atoms with E-state index in [0.29, 0.717) is 35.5 Å². The number of nitrogens with zero attached hydrogens (tertiary/aromatic N) is 2. The molecule has 0 aliphatic rings. The Kier molecular flexibility index (Phi) is 5.58. The van der Waals surface area contributed by atoms with Gasteiger partial charge in [-0.3, -0.25) is 14.2 Å². The Morgan fingerprint density at radius 1 is 1.00 bits per heavy atom. The summed E-state index contributed by atoms with van der Waals surface area (Å²) in [5.74, 6) is 1.32. The highest BCUT2D eigenvalue weighted by atomic mass is 16.5. The van der Waals surface area contributed by atoms with Gasteiger partial charge in [0.25, 0.3) is 5.56 Å². The summed E-state index contributed by atoms with van der Waals surface area (Å²) in [4.78, 5) is 24.4. The maximum absolute atomic E-state index is 12.2. The zero-order valence-electron chi connectivity index (χ0n) is 16.4. The average molecular weight is 384 g/mol. The smallest absolute Gasteiger partial charge is 0.319 e. The van der Waals surface area contributed by atoms with E-state index in [9.17, 15) is 9.59 Å². The van der Waals surface area contributed by atoms with Gasteiger partial charge in [-0.15, -0.1) is 0 Å².